The third kappa shape index (κ3) is 2.09. The molecule has 1 heterocycles. The van der Waals surface area contributed by atoms with Gasteiger partial charge in [-0.05, 0) is 18.2 Å². The molecular formula is C11H14N2O3. The van der Waals surface area contributed by atoms with Crippen LogP contribution in [0.3, 0.4) is 0 Å². The number of amides is 1. The van der Waals surface area contributed by atoms with Crippen molar-refractivity contribution in [1.82, 2.24) is 10.2 Å². The predicted octanol–water partition coefficient (Wildman–Crippen LogP) is 0.143. The van der Waals surface area contributed by atoms with Crippen molar-refractivity contribution < 1.29 is 15.0 Å². The van der Waals surface area contributed by atoms with Crippen molar-refractivity contribution in [2.75, 3.05) is 26.2 Å². The van der Waals surface area contributed by atoms with Crippen LogP contribution in [0.2, 0.25) is 0 Å². The number of hydrogen-bond acceptors (Lipinski definition) is 4. The molecule has 1 amide bonds. The van der Waals surface area contributed by atoms with Crippen molar-refractivity contribution in [2.45, 2.75) is 0 Å². The molecule has 1 aliphatic heterocycles. The fourth-order valence-electron chi connectivity index (χ4n) is 1.73. The van der Waals surface area contributed by atoms with E-state index in [0.29, 0.717) is 13.1 Å². The molecule has 1 aromatic rings. The van der Waals surface area contributed by atoms with Crippen LogP contribution in [0.25, 0.3) is 0 Å². The standard InChI is InChI=1S/C11H14N2O3/c14-8-1-2-10(15)9(7-8)11(16)13-5-3-12-4-6-13/h1-2,7,12,14-15H,3-6H2. The van der Waals surface area contributed by atoms with Crippen LogP contribution in [0, 0.1) is 0 Å². The Morgan fingerprint density at radius 2 is 1.94 bits per heavy atom. The molecule has 5 heteroatoms. The normalized spacial score (nSPS) is 16.1. The van der Waals surface area contributed by atoms with Crippen LogP contribution >= 0.6 is 0 Å². The summed E-state index contributed by atoms with van der Waals surface area (Å²) in [7, 11) is 0. The molecule has 0 unspecified atom stereocenters. The molecule has 0 radical (unpaired) electrons. The highest BCUT2D eigenvalue weighted by Crippen LogP contribution is 2.23. The van der Waals surface area contributed by atoms with Crippen LogP contribution in [-0.2, 0) is 0 Å². The van der Waals surface area contributed by atoms with Crippen molar-refractivity contribution >= 4 is 5.91 Å². The van der Waals surface area contributed by atoms with Gasteiger partial charge in [0.1, 0.15) is 11.5 Å². The minimum atomic E-state index is -0.241. The zero-order valence-corrected chi connectivity index (χ0v) is 8.81. The van der Waals surface area contributed by atoms with Gasteiger partial charge >= 0.3 is 0 Å². The molecule has 86 valence electrons. The smallest absolute Gasteiger partial charge is 0.257 e. The summed E-state index contributed by atoms with van der Waals surface area (Å²) in [5.41, 5.74) is 0.155. The van der Waals surface area contributed by atoms with Gasteiger partial charge < -0.3 is 20.4 Å². The molecule has 1 fully saturated rings. The molecule has 1 saturated heterocycles. The maximum absolute atomic E-state index is 12.0. The van der Waals surface area contributed by atoms with Crippen molar-refractivity contribution in [1.29, 1.82) is 0 Å². The first-order chi connectivity index (χ1) is 7.68. The highest BCUT2D eigenvalue weighted by Gasteiger charge is 2.20. The topological polar surface area (TPSA) is 72.8 Å². The third-order valence-electron chi connectivity index (χ3n) is 2.61. The van der Waals surface area contributed by atoms with E-state index in [1.165, 1.54) is 18.2 Å². The molecule has 1 aromatic carbocycles. The Labute approximate surface area is 93.3 Å². The molecule has 0 spiro atoms. The summed E-state index contributed by atoms with van der Waals surface area (Å²) in [5, 5.41) is 22.0. The maximum Gasteiger partial charge on any atom is 0.257 e. The molecule has 0 aromatic heterocycles. The minimum absolute atomic E-state index is 0.0173. The molecule has 0 atom stereocenters. The summed E-state index contributed by atoms with van der Waals surface area (Å²) in [6.45, 7) is 2.75. The number of benzene rings is 1. The van der Waals surface area contributed by atoms with Crippen molar-refractivity contribution in [3.05, 3.63) is 23.8 Å². The lowest BCUT2D eigenvalue weighted by atomic mass is 10.1. The van der Waals surface area contributed by atoms with Gasteiger partial charge in [-0.15, -0.1) is 0 Å². The average molecular weight is 222 g/mol. The lowest BCUT2D eigenvalue weighted by molar-refractivity contribution is 0.0732. The van der Waals surface area contributed by atoms with E-state index in [1.54, 1.807) is 4.90 Å². The maximum atomic E-state index is 12.0. The Morgan fingerprint density at radius 3 is 2.62 bits per heavy atom. The summed E-state index contributed by atoms with van der Waals surface area (Å²) in [6, 6.07) is 3.97. The number of carbonyl (C=O) groups excluding carboxylic acids is 1. The second kappa shape index (κ2) is 4.40. The van der Waals surface area contributed by atoms with Crippen LogP contribution in [-0.4, -0.2) is 47.2 Å². The fourth-order valence-corrected chi connectivity index (χ4v) is 1.73. The third-order valence-corrected chi connectivity index (χ3v) is 2.61. The summed E-state index contributed by atoms with van der Waals surface area (Å²) in [6.07, 6.45) is 0. The van der Waals surface area contributed by atoms with Crippen molar-refractivity contribution in [3.8, 4) is 11.5 Å². The number of aromatic hydroxyl groups is 2. The van der Waals surface area contributed by atoms with Crippen LogP contribution in [0.5, 0.6) is 11.5 Å². The highest BCUT2D eigenvalue weighted by molar-refractivity contribution is 5.97. The Morgan fingerprint density at radius 1 is 1.25 bits per heavy atom. The van der Waals surface area contributed by atoms with Gasteiger partial charge in [0, 0.05) is 26.2 Å². The summed E-state index contributed by atoms with van der Waals surface area (Å²) >= 11 is 0. The van der Waals surface area contributed by atoms with Crippen LogP contribution in [0.15, 0.2) is 18.2 Å². The van der Waals surface area contributed by atoms with Gasteiger partial charge in [0.25, 0.3) is 5.91 Å². The quantitative estimate of drug-likeness (QED) is 0.591. The Bertz CT molecular complexity index is 400. The minimum Gasteiger partial charge on any atom is -0.508 e. The van der Waals surface area contributed by atoms with Gasteiger partial charge in [-0.1, -0.05) is 0 Å². The molecular weight excluding hydrogens is 208 g/mol. The number of piperazine rings is 1. The zero-order valence-electron chi connectivity index (χ0n) is 8.81. The van der Waals surface area contributed by atoms with E-state index in [2.05, 4.69) is 5.32 Å². The first-order valence-electron chi connectivity index (χ1n) is 5.20. The van der Waals surface area contributed by atoms with Crippen LogP contribution in [0.4, 0.5) is 0 Å². The Hall–Kier alpha value is -1.75. The van der Waals surface area contributed by atoms with E-state index in [4.69, 9.17) is 0 Å². The molecule has 3 N–H and O–H groups in total. The molecule has 0 saturated carbocycles. The number of carbonyl (C=O) groups is 1. The SMILES string of the molecule is O=C(c1cc(O)ccc1O)N1CCNCC1. The fraction of sp³-hybridized carbons (Fsp3) is 0.364. The lowest BCUT2D eigenvalue weighted by Crippen LogP contribution is -2.46. The summed E-state index contributed by atoms with van der Waals surface area (Å²) in [5.74, 6) is -0.354. The van der Waals surface area contributed by atoms with E-state index in [0.717, 1.165) is 13.1 Å². The second-order valence-electron chi connectivity index (χ2n) is 3.74. The number of phenolic OH excluding ortho intramolecular Hbond substituents is 2. The predicted molar refractivity (Wildman–Crippen MR) is 58.5 cm³/mol. The molecule has 16 heavy (non-hydrogen) atoms. The van der Waals surface area contributed by atoms with Crippen molar-refractivity contribution in [3.63, 3.8) is 0 Å². The zero-order chi connectivity index (χ0) is 11.5. The first kappa shape index (κ1) is 10.8. The molecule has 0 aliphatic carbocycles. The lowest BCUT2D eigenvalue weighted by Gasteiger charge is -2.27. The number of nitrogens with zero attached hydrogens (tertiary/aromatic N) is 1. The van der Waals surface area contributed by atoms with Gasteiger partial charge in [0.2, 0.25) is 0 Å². The van der Waals surface area contributed by atoms with Gasteiger partial charge in [0.05, 0.1) is 5.56 Å². The van der Waals surface area contributed by atoms with Crippen molar-refractivity contribution in [2.24, 2.45) is 0 Å². The number of rotatable bonds is 1. The average Bonchev–Trinajstić information content (AvgIpc) is 2.32. The van der Waals surface area contributed by atoms with Crippen LogP contribution < -0.4 is 5.32 Å². The van der Waals surface area contributed by atoms with Gasteiger partial charge in [0.15, 0.2) is 0 Å². The van der Waals surface area contributed by atoms with Crippen LogP contribution in [0.1, 0.15) is 10.4 Å². The van der Waals surface area contributed by atoms with E-state index in [1.807, 2.05) is 0 Å². The molecule has 1 aliphatic rings. The largest absolute Gasteiger partial charge is 0.508 e. The van der Waals surface area contributed by atoms with E-state index < -0.39 is 0 Å². The number of hydrogen-bond donors (Lipinski definition) is 3. The Kier molecular flexibility index (Phi) is 2.96. The summed E-state index contributed by atoms with van der Waals surface area (Å²) < 4.78 is 0. The number of nitrogens with one attached hydrogen (secondary N) is 1. The molecule has 2 rings (SSSR count). The Balaban J connectivity index is 2.22. The van der Waals surface area contributed by atoms with E-state index in [-0.39, 0.29) is 23.0 Å². The van der Waals surface area contributed by atoms with E-state index in [9.17, 15) is 15.0 Å². The first-order valence-corrected chi connectivity index (χ1v) is 5.20. The number of phenols is 2. The second-order valence-corrected chi connectivity index (χ2v) is 3.74. The molecule has 0 bridgehead atoms. The molecule has 5 nitrogen and oxygen atoms in total. The monoisotopic (exact) mass is 222 g/mol. The van der Waals surface area contributed by atoms with Gasteiger partial charge in [-0.3, -0.25) is 4.79 Å². The van der Waals surface area contributed by atoms with E-state index >= 15 is 0 Å². The summed E-state index contributed by atoms with van der Waals surface area (Å²) in [4.78, 5) is 13.7. The highest BCUT2D eigenvalue weighted by atomic mass is 16.3. The van der Waals surface area contributed by atoms with Gasteiger partial charge in [-0.2, -0.15) is 0 Å². The van der Waals surface area contributed by atoms with Gasteiger partial charge in [-0.25, -0.2) is 0 Å².